The standard InChI is InChI=1S/C20H28N2O3S/c1-20(2,24)17-11-18(17)26(21,25)22-19(23)10-16-14-7-3-5-12(14)9-13-6-4-8-15(13)16/h9,17-18,24H,3-8,10-11H2,1-2H3,(H2,21,22,23,25). The molecule has 0 aromatic heterocycles. The zero-order valence-electron chi connectivity index (χ0n) is 15.6. The molecular formula is C20H28N2O3S. The number of carbonyl (C=O) groups is 1. The number of carbonyl (C=O) groups excluding carboxylic acids is 1. The van der Waals surface area contributed by atoms with Crippen LogP contribution in [0.3, 0.4) is 0 Å². The lowest BCUT2D eigenvalue weighted by molar-refractivity contribution is -0.117. The van der Waals surface area contributed by atoms with Gasteiger partial charge in [0.1, 0.15) is 9.92 Å². The number of amides is 1. The van der Waals surface area contributed by atoms with Gasteiger partial charge in [-0.1, -0.05) is 6.07 Å². The van der Waals surface area contributed by atoms with E-state index in [0.717, 1.165) is 44.1 Å². The van der Waals surface area contributed by atoms with Crippen LogP contribution < -0.4 is 5.14 Å². The third kappa shape index (κ3) is 3.23. The first-order valence-corrected chi connectivity index (χ1v) is 11.3. The Kier molecular flexibility index (Phi) is 4.29. The van der Waals surface area contributed by atoms with Crippen LogP contribution in [-0.4, -0.2) is 26.1 Å². The van der Waals surface area contributed by atoms with Gasteiger partial charge in [0.2, 0.25) is 0 Å². The van der Waals surface area contributed by atoms with Crippen molar-refractivity contribution in [3.8, 4) is 0 Å². The summed E-state index contributed by atoms with van der Waals surface area (Å²) in [5.74, 6) is -0.532. The summed E-state index contributed by atoms with van der Waals surface area (Å²) in [4.78, 5) is 12.6. The molecule has 142 valence electrons. The normalized spacial score (nSPS) is 26.2. The van der Waals surface area contributed by atoms with Gasteiger partial charge in [-0.3, -0.25) is 4.79 Å². The molecule has 1 fully saturated rings. The topological polar surface area (TPSA) is 92.8 Å². The van der Waals surface area contributed by atoms with E-state index in [-0.39, 0.29) is 18.2 Å². The van der Waals surface area contributed by atoms with E-state index in [1.807, 2.05) is 0 Å². The predicted octanol–water partition coefficient (Wildman–Crippen LogP) is 2.23. The van der Waals surface area contributed by atoms with Crippen molar-refractivity contribution in [2.45, 2.75) is 76.1 Å². The zero-order chi connectivity index (χ0) is 18.7. The van der Waals surface area contributed by atoms with Crippen LogP contribution in [-0.2, 0) is 46.8 Å². The average Bonchev–Trinajstić information content (AvgIpc) is 3.03. The summed E-state index contributed by atoms with van der Waals surface area (Å²) in [6.45, 7) is 3.37. The summed E-state index contributed by atoms with van der Waals surface area (Å²) in [7, 11) is -3.10. The summed E-state index contributed by atoms with van der Waals surface area (Å²) < 4.78 is 16.7. The van der Waals surface area contributed by atoms with Crippen LogP contribution in [0.1, 0.15) is 60.9 Å². The van der Waals surface area contributed by atoms with Crippen molar-refractivity contribution in [3.05, 3.63) is 33.9 Å². The van der Waals surface area contributed by atoms with Crippen molar-refractivity contribution >= 4 is 15.8 Å². The third-order valence-corrected chi connectivity index (χ3v) is 8.12. The Hall–Kier alpha value is -1.24. The van der Waals surface area contributed by atoms with Crippen LogP contribution in [0.25, 0.3) is 0 Å². The predicted molar refractivity (Wildman–Crippen MR) is 102 cm³/mol. The third-order valence-electron chi connectivity index (χ3n) is 6.24. The van der Waals surface area contributed by atoms with Crippen LogP contribution in [0.5, 0.6) is 0 Å². The summed E-state index contributed by atoms with van der Waals surface area (Å²) >= 11 is 0. The molecule has 1 saturated carbocycles. The first-order valence-electron chi connectivity index (χ1n) is 9.61. The summed E-state index contributed by atoms with van der Waals surface area (Å²) in [6.07, 6.45) is 7.26. The minimum Gasteiger partial charge on any atom is -0.390 e. The number of nitrogens with two attached hydrogens (primary N) is 1. The molecule has 1 aromatic carbocycles. The number of aryl methyl sites for hydroxylation is 2. The number of nitrogens with zero attached hydrogens (tertiary/aromatic N) is 1. The first-order chi connectivity index (χ1) is 12.2. The Morgan fingerprint density at radius 3 is 2.31 bits per heavy atom. The van der Waals surface area contributed by atoms with Crippen LogP contribution >= 0.6 is 0 Å². The number of rotatable bonds is 4. The van der Waals surface area contributed by atoms with Crippen molar-refractivity contribution in [1.29, 1.82) is 0 Å². The van der Waals surface area contributed by atoms with Crippen LogP contribution in [0.15, 0.2) is 10.4 Å². The maximum Gasteiger partial charge on any atom is 0.259 e. The molecule has 1 amide bonds. The Labute approximate surface area is 155 Å². The van der Waals surface area contributed by atoms with Crippen molar-refractivity contribution in [2.24, 2.45) is 15.4 Å². The molecule has 3 aliphatic carbocycles. The van der Waals surface area contributed by atoms with Crippen molar-refractivity contribution in [1.82, 2.24) is 0 Å². The molecule has 0 heterocycles. The Morgan fingerprint density at radius 2 is 1.81 bits per heavy atom. The summed E-state index contributed by atoms with van der Waals surface area (Å²) in [5.41, 5.74) is 5.59. The van der Waals surface area contributed by atoms with Gasteiger partial charge in [0.25, 0.3) is 5.91 Å². The van der Waals surface area contributed by atoms with E-state index in [2.05, 4.69) is 10.4 Å². The molecule has 6 heteroatoms. The Bertz CT molecular complexity index is 859. The van der Waals surface area contributed by atoms with E-state index >= 15 is 0 Å². The van der Waals surface area contributed by atoms with Gasteiger partial charge in [0.05, 0.1) is 17.3 Å². The van der Waals surface area contributed by atoms with E-state index in [9.17, 15) is 14.1 Å². The van der Waals surface area contributed by atoms with E-state index in [4.69, 9.17) is 5.14 Å². The van der Waals surface area contributed by atoms with Gasteiger partial charge < -0.3 is 5.11 Å². The highest BCUT2D eigenvalue weighted by atomic mass is 32.2. The number of aliphatic hydroxyl groups is 1. The molecule has 0 aliphatic heterocycles. The molecule has 26 heavy (non-hydrogen) atoms. The smallest absolute Gasteiger partial charge is 0.259 e. The molecule has 1 aromatic rings. The lowest BCUT2D eigenvalue weighted by Crippen LogP contribution is -2.29. The number of hydrogen-bond acceptors (Lipinski definition) is 3. The van der Waals surface area contributed by atoms with Gasteiger partial charge in [-0.05, 0) is 86.6 Å². The van der Waals surface area contributed by atoms with Crippen molar-refractivity contribution in [3.63, 3.8) is 0 Å². The lowest BCUT2D eigenvalue weighted by atomic mass is 9.92. The van der Waals surface area contributed by atoms with Gasteiger partial charge >= 0.3 is 0 Å². The van der Waals surface area contributed by atoms with E-state index in [0.29, 0.717) is 6.42 Å². The molecule has 3 N–H and O–H groups in total. The molecule has 0 radical (unpaired) electrons. The molecule has 3 aliphatic rings. The fourth-order valence-electron chi connectivity index (χ4n) is 4.85. The molecule has 3 atom stereocenters. The zero-order valence-corrected chi connectivity index (χ0v) is 16.4. The second-order valence-electron chi connectivity index (χ2n) is 8.65. The molecule has 4 rings (SSSR count). The van der Waals surface area contributed by atoms with Gasteiger partial charge in [-0.15, -0.1) is 4.36 Å². The molecule has 5 nitrogen and oxygen atoms in total. The fraction of sp³-hybridized carbons (Fsp3) is 0.650. The Morgan fingerprint density at radius 1 is 1.23 bits per heavy atom. The second kappa shape index (κ2) is 6.14. The average molecular weight is 377 g/mol. The van der Waals surface area contributed by atoms with Gasteiger partial charge in [0.15, 0.2) is 0 Å². The molecule has 0 saturated heterocycles. The number of benzene rings is 1. The summed E-state index contributed by atoms with van der Waals surface area (Å²) in [5, 5.41) is 15.6. The minimum absolute atomic E-state index is 0.151. The molecule has 0 bridgehead atoms. The van der Waals surface area contributed by atoms with Crippen LogP contribution in [0, 0.1) is 5.92 Å². The van der Waals surface area contributed by atoms with Gasteiger partial charge in [0, 0.05) is 5.92 Å². The van der Waals surface area contributed by atoms with Gasteiger partial charge in [-0.25, -0.2) is 9.35 Å². The highest BCUT2D eigenvalue weighted by molar-refractivity contribution is 7.92. The van der Waals surface area contributed by atoms with Crippen molar-refractivity contribution < 1.29 is 14.1 Å². The van der Waals surface area contributed by atoms with E-state index < -0.39 is 20.8 Å². The maximum atomic E-state index is 12.8. The maximum absolute atomic E-state index is 12.8. The minimum atomic E-state index is -3.10. The monoisotopic (exact) mass is 376 g/mol. The quantitative estimate of drug-likeness (QED) is 0.844. The summed E-state index contributed by atoms with van der Waals surface area (Å²) in [6, 6.07) is 2.33. The highest BCUT2D eigenvalue weighted by Crippen LogP contribution is 2.44. The first kappa shape index (κ1) is 18.1. The molecule has 3 unspecified atom stereocenters. The number of fused-ring (bicyclic) bond motifs is 2. The SMILES string of the molecule is CC(C)(O)C1CC1S(N)(=O)=NC(=O)Cc1c2c(cc3c1CCC3)CCC2. The molecular weight excluding hydrogens is 348 g/mol. The highest BCUT2D eigenvalue weighted by Gasteiger charge is 2.52. The van der Waals surface area contributed by atoms with Crippen LogP contribution in [0.2, 0.25) is 0 Å². The second-order valence-corrected chi connectivity index (χ2v) is 10.7. The van der Waals surface area contributed by atoms with E-state index in [1.54, 1.807) is 13.8 Å². The van der Waals surface area contributed by atoms with E-state index in [1.165, 1.54) is 22.3 Å². The largest absolute Gasteiger partial charge is 0.390 e. The van der Waals surface area contributed by atoms with Gasteiger partial charge in [-0.2, -0.15) is 0 Å². The fourth-order valence-corrected chi connectivity index (χ4v) is 6.65. The Balaban J connectivity index is 1.59. The van der Waals surface area contributed by atoms with Crippen molar-refractivity contribution in [2.75, 3.05) is 0 Å². The van der Waals surface area contributed by atoms with Crippen LogP contribution in [0.4, 0.5) is 0 Å². The lowest BCUT2D eigenvalue weighted by Gasteiger charge is -2.17. The number of hydrogen-bond donors (Lipinski definition) is 2. The molecule has 0 spiro atoms.